The highest BCUT2D eigenvalue weighted by Gasteiger charge is 2.31. The number of non-ortho nitro benzene ring substituents is 2. The molecule has 0 aromatic heterocycles. The quantitative estimate of drug-likeness (QED) is 0.228. The van der Waals surface area contributed by atoms with Gasteiger partial charge in [-0.1, -0.05) is 0 Å². The van der Waals surface area contributed by atoms with Crippen LogP contribution in [-0.2, 0) is 0 Å². The normalized spacial score (nSPS) is 12.4. The molecule has 0 atom stereocenters. The number of nitro groups is 3. The second-order valence-corrected chi connectivity index (χ2v) is 7.87. The first-order valence-electron chi connectivity index (χ1n) is 9.13. The number of nitro benzene ring substituents is 3. The molecule has 4 rings (SSSR count). The van der Waals surface area contributed by atoms with Gasteiger partial charge in [-0.05, 0) is 65.1 Å². The Kier molecular flexibility index (Phi) is 7.26. The molecule has 0 amide bonds. The van der Waals surface area contributed by atoms with Crippen molar-refractivity contribution in [2.45, 2.75) is 0 Å². The number of rotatable bonds is 6. The minimum Gasteiger partial charge on any atom is -0.259 e. The lowest BCUT2D eigenvalue weighted by atomic mass is 10.1. The van der Waals surface area contributed by atoms with Gasteiger partial charge < -0.3 is 0 Å². The van der Waals surface area contributed by atoms with E-state index in [4.69, 9.17) is 0 Å². The second kappa shape index (κ2) is 9.96. The van der Waals surface area contributed by atoms with Crippen molar-refractivity contribution in [3.63, 3.8) is 0 Å². The van der Waals surface area contributed by atoms with E-state index < -0.39 is 26.1 Å². The number of halogens is 2. The van der Waals surface area contributed by atoms with E-state index >= 15 is 0 Å². The van der Waals surface area contributed by atoms with Gasteiger partial charge in [0.1, 0.15) is 0 Å². The van der Waals surface area contributed by atoms with Gasteiger partial charge in [0, 0.05) is 21.8 Å². The average molecular weight is 642 g/mol. The van der Waals surface area contributed by atoms with Crippen molar-refractivity contribution in [3.05, 3.63) is 106 Å². The topological polar surface area (TPSA) is 160 Å². The third-order valence-electron chi connectivity index (χ3n) is 4.60. The molecule has 3 aromatic rings. The summed E-state index contributed by atoms with van der Waals surface area (Å²) in [6.45, 7) is 0. The van der Waals surface area contributed by atoms with E-state index in [0.29, 0.717) is 11.4 Å². The fourth-order valence-corrected chi connectivity index (χ4v) is 3.41. The summed E-state index contributed by atoms with van der Waals surface area (Å²) >= 11 is 2.14. The van der Waals surface area contributed by atoms with Crippen LogP contribution in [0.1, 0.15) is 5.56 Å². The van der Waals surface area contributed by atoms with Gasteiger partial charge in [0.2, 0.25) is 0 Å². The van der Waals surface area contributed by atoms with Crippen molar-refractivity contribution in [3.8, 4) is 0 Å². The Morgan fingerprint density at radius 2 is 1.32 bits per heavy atom. The molecule has 0 radical (unpaired) electrons. The zero-order chi connectivity index (χ0) is 23.7. The predicted octanol–water partition coefficient (Wildman–Crippen LogP) is 4.70. The van der Waals surface area contributed by atoms with E-state index in [1.165, 1.54) is 40.6 Å². The Morgan fingerprint density at radius 3 is 1.88 bits per heavy atom. The monoisotopic (exact) mass is 641 g/mol. The molecule has 0 saturated heterocycles. The molecule has 34 heavy (non-hydrogen) atoms. The van der Waals surface area contributed by atoms with Crippen LogP contribution < -0.4 is 15.7 Å². The maximum Gasteiger partial charge on any atom is 0.287 e. The fraction of sp³-hybridized carbons (Fsp3) is 0. The average Bonchev–Trinajstić information content (AvgIpc) is 3.24. The minimum atomic E-state index is -0.726. The molecule has 0 bridgehead atoms. The van der Waals surface area contributed by atoms with E-state index in [0.717, 1.165) is 15.7 Å². The van der Waals surface area contributed by atoms with Gasteiger partial charge in [0.15, 0.2) is 5.84 Å². The van der Waals surface area contributed by atoms with Crippen molar-refractivity contribution >= 4 is 73.8 Å². The van der Waals surface area contributed by atoms with Crippen LogP contribution >= 0.6 is 39.6 Å². The van der Waals surface area contributed by atoms with Crippen LogP contribution in [0.5, 0.6) is 0 Å². The number of amidine groups is 1. The van der Waals surface area contributed by atoms with Crippen LogP contribution in [0.3, 0.4) is 0 Å². The standard InChI is InChI=1S/C19H12IN7O6.BrH/c20-12-1-3-13(4-2-12)23-21-19(17-10-9-16(26(30)31)11-18(17)27(32)33)22-24(23)14-5-7-15(8-6-14)25(28)29;/h1-11H,(H,21,22);1H. The maximum absolute atomic E-state index is 11.6. The molecule has 1 N–H and O–H groups in total. The van der Waals surface area contributed by atoms with Crippen molar-refractivity contribution in [1.82, 2.24) is 5.43 Å². The highest BCUT2D eigenvalue weighted by atomic mass is 127. The SMILES string of the molecule is Br.O=[N+]([O-])c1ccc(N2N=C(c3ccc([N+](=O)[O-])cc3[N+](=O)[O-])NN2c2ccc(I)cc2)cc1. The number of hydrazone groups is 1. The summed E-state index contributed by atoms with van der Waals surface area (Å²) in [5, 5.41) is 41.0. The highest BCUT2D eigenvalue weighted by Crippen LogP contribution is 2.31. The molecule has 3 aromatic carbocycles. The van der Waals surface area contributed by atoms with Gasteiger partial charge >= 0.3 is 0 Å². The Labute approximate surface area is 215 Å². The zero-order valence-corrected chi connectivity index (χ0v) is 20.6. The number of nitrogens with zero attached hydrogens (tertiary/aromatic N) is 6. The van der Waals surface area contributed by atoms with Crippen LogP contribution in [0, 0.1) is 33.9 Å². The van der Waals surface area contributed by atoms with Crippen LogP contribution in [0.2, 0.25) is 0 Å². The predicted molar refractivity (Wildman–Crippen MR) is 137 cm³/mol. The molecular formula is C19H13BrIN7O6. The van der Waals surface area contributed by atoms with Crippen LogP contribution in [0.25, 0.3) is 0 Å². The van der Waals surface area contributed by atoms with Crippen molar-refractivity contribution in [2.75, 3.05) is 10.2 Å². The van der Waals surface area contributed by atoms with Gasteiger partial charge in [-0.15, -0.1) is 22.1 Å². The number of anilines is 2. The highest BCUT2D eigenvalue weighted by molar-refractivity contribution is 14.1. The van der Waals surface area contributed by atoms with Crippen LogP contribution in [0.15, 0.2) is 71.8 Å². The number of hydrogen-bond donors (Lipinski definition) is 1. The van der Waals surface area contributed by atoms with E-state index in [1.807, 2.05) is 12.1 Å². The van der Waals surface area contributed by atoms with Gasteiger partial charge in [-0.2, -0.15) is 10.2 Å². The molecule has 0 saturated carbocycles. The molecule has 1 aliphatic heterocycles. The molecule has 174 valence electrons. The summed E-state index contributed by atoms with van der Waals surface area (Å²) < 4.78 is 0.976. The number of nitrogens with one attached hydrogen (secondary N) is 1. The number of benzene rings is 3. The van der Waals surface area contributed by atoms with Crippen molar-refractivity contribution < 1.29 is 14.8 Å². The lowest BCUT2D eigenvalue weighted by molar-refractivity contribution is -0.394. The summed E-state index contributed by atoms with van der Waals surface area (Å²) in [5.74, 6) is 0.0634. The smallest absolute Gasteiger partial charge is 0.259 e. The largest absolute Gasteiger partial charge is 0.287 e. The van der Waals surface area contributed by atoms with Crippen molar-refractivity contribution in [1.29, 1.82) is 0 Å². The lowest BCUT2D eigenvalue weighted by Gasteiger charge is -2.27. The number of hydrogen-bond acceptors (Lipinski definition) is 10. The molecule has 1 aliphatic rings. The molecule has 15 heteroatoms. The molecular weight excluding hydrogens is 629 g/mol. The minimum absolute atomic E-state index is 0. The summed E-state index contributed by atoms with van der Waals surface area (Å²) in [6, 6.07) is 16.1. The maximum atomic E-state index is 11.6. The van der Waals surface area contributed by atoms with E-state index in [9.17, 15) is 30.3 Å². The summed E-state index contributed by atoms with van der Waals surface area (Å²) in [5.41, 5.74) is 3.03. The van der Waals surface area contributed by atoms with Gasteiger partial charge in [-0.25, -0.2) is 0 Å². The van der Waals surface area contributed by atoms with Gasteiger partial charge in [-0.3, -0.25) is 35.8 Å². The van der Waals surface area contributed by atoms with Crippen LogP contribution in [0.4, 0.5) is 28.4 Å². The summed E-state index contributed by atoms with van der Waals surface area (Å²) in [6.07, 6.45) is 0. The molecule has 0 fully saturated rings. The second-order valence-electron chi connectivity index (χ2n) is 6.63. The summed E-state index contributed by atoms with van der Waals surface area (Å²) in [4.78, 5) is 31.7. The molecule has 0 aliphatic carbocycles. The van der Waals surface area contributed by atoms with E-state index in [-0.39, 0.29) is 34.1 Å². The Balaban J connectivity index is 0.00000324. The Bertz CT molecular complexity index is 1300. The molecule has 0 unspecified atom stereocenters. The van der Waals surface area contributed by atoms with E-state index in [1.54, 1.807) is 12.1 Å². The van der Waals surface area contributed by atoms with Crippen molar-refractivity contribution in [2.24, 2.45) is 5.10 Å². The summed E-state index contributed by atoms with van der Waals surface area (Å²) in [7, 11) is 0. The Morgan fingerprint density at radius 1 is 0.765 bits per heavy atom. The molecule has 1 heterocycles. The third-order valence-corrected chi connectivity index (χ3v) is 5.32. The first kappa shape index (κ1) is 24.8. The number of hydrazine groups is 2. The molecule has 13 nitrogen and oxygen atoms in total. The fourth-order valence-electron chi connectivity index (χ4n) is 3.05. The van der Waals surface area contributed by atoms with E-state index in [2.05, 4.69) is 33.1 Å². The zero-order valence-electron chi connectivity index (χ0n) is 16.8. The molecule has 0 spiro atoms. The van der Waals surface area contributed by atoms with Crippen LogP contribution in [-0.4, -0.2) is 20.6 Å². The first-order valence-corrected chi connectivity index (χ1v) is 10.2. The van der Waals surface area contributed by atoms with Gasteiger partial charge in [0.05, 0.1) is 37.8 Å². The lowest BCUT2D eigenvalue weighted by Crippen LogP contribution is -2.44. The van der Waals surface area contributed by atoms with Gasteiger partial charge in [0.25, 0.3) is 17.1 Å². The third kappa shape index (κ3) is 4.88. The Hall–Kier alpha value is -3.86. The first-order chi connectivity index (χ1) is 15.7.